The lowest BCUT2D eigenvalue weighted by molar-refractivity contribution is -0.138. The first-order valence-corrected chi connectivity index (χ1v) is 10.5. The van der Waals surface area contributed by atoms with Gasteiger partial charge in [-0.05, 0) is 46.9 Å². The molecule has 4 rings (SSSR count). The van der Waals surface area contributed by atoms with E-state index in [2.05, 4.69) is 4.98 Å². The van der Waals surface area contributed by atoms with Crippen LogP contribution in [0.4, 0.5) is 13.2 Å². The van der Waals surface area contributed by atoms with E-state index in [1.165, 1.54) is 12.1 Å². The number of hydrogen-bond donors (Lipinski definition) is 2. The number of carboxylic acids is 1. The third-order valence-corrected chi connectivity index (χ3v) is 5.53. The first-order valence-electron chi connectivity index (χ1n) is 10.5. The van der Waals surface area contributed by atoms with E-state index in [-0.39, 0.29) is 12.2 Å². The molecule has 4 nitrogen and oxygen atoms in total. The number of aromatic nitrogens is 1. The van der Waals surface area contributed by atoms with Crippen molar-refractivity contribution in [3.05, 3.63) is 107 Å². The SMILES string of the molecule is O=C(O)CCc1ccc(-c2cc(C(=O)c3ccccc3-c3ccc(C(F)(F)F)cc3)c[nH]2)cc1. The van der Waals surface area contributed by atoms with Gasteiger partial charge in [0.05, 0.1) is 5.56 Å². The summed E-state index contributed by atoms with van der Waals surface area (Å²) in [6, 6.07) is 20.7. The predicted octanol–water partition coefficient (Wildman–Crippen LogP) is 6.62. The number of aromatic amines is 1. The molecule has 1 heterocycles. The lowest BCUT2D eigenvalue weighted by Crippen LogP contribution is -2.05. The van der Waals surface area contributed by atoms with E-state index in [9.17, 15) is 22.8 Å². The Balaban J connectivity index is 1.58. The van der Waals surface area contributed by atoms with E-state index in [1.54, 1.807) is 36.5 Å². The Kier molecular flexibility index (Phi) is 6.36. The third kappa shape index (κ3) is 5.09. The Morgan fingerprint density at radius 3 is 2.15 bits per heavy atom. The number of benzene rings is 3. The van der Waals surface area contributed by atoms with Crippen molar-refractivity contribution in [3.8, 4) is 22.4 Å². The first kappa shape index (κ1) is 23.0. The van der Waals surface area contributed by atoms with Gasteiger partial charge in [0.25, 0.3) is 0 Å². The van der Waals surface area contributed by atoms with Crippen molar-refractivity contribution in [2.24, 2.45) is 0 Å². The highest BCUT2D eigenvalue weighted by Crippen LogP contribution is 2.32. The molecule has 7 heteroatoms. The molecule has 0 aliphatic heterocycles. The number of halogens is 3. The van der Waals surface area contributed by atoms with E-state index >= 15 is 0 Å². The van der Waals surface area contributed by atoms with Crippen molar-refractivity contribution in [2.45, 2.75) is 19.0 Å². The minimum Gasteiger partial charge on any atom is -0.481 e. The Hall–Kier alpha value is -4.13. The van der Waals surface area contributed by atoms with Crippen molar-refractivity contribution < 1.29 is 27.9 Å². The van der Waals surface area contributed by atoms with Crippen molar-refractivity contribution in [3.63, 3.8) is 0 Å². The number of carboxylic acid groups (broad SMARTS) is 1. The number of aryl methyl sites for hydroxylation is 1. The van der Waals surface area contributed by atoms with Gasteiger partial charge in [0.15, 0.2) is 5.78 Å². The second kappa shape index (κ2) is 9.39. The zero-order chi connectivity index (χ0) is 24.3. The van der Waals surface area contributed by atoms with Crippen LogP contribution in [-0.4, -0.2) is 21.8 Å². The van der Waals surface area contributed by atoms with Gasteiger partial charge in [-0.3, -0.25) is 9.59 Å². The van der Waals surface area contributed by atoms with Crippen LogP contribution in [0.2, 0.25) is 0 Å². The summed E-state index contributed by atoms with van der Waals surface area (Å²) >= 11 is 0. The molecule has 34 heavy (non-hydrogen) atoms. The molecule has 0 radical (unpaired) electrons. The van der Waals surface area contributed by atoms with Crippen LogP contribution in [0.5, 0.6) is 0 Å². The normalized spacial score (nSPS) is 11.4. The van der Waals surface area contributed by atoms with Gasteiger partial charge in [-0.1, -0.05) is 60.7 Å². The zero-order valence-electron chi connectivity index (χ0n) is 17.9. The van der Waals surface area contributed by atoms with Crippen LogP contribution in [0.25, 0.3) is 22.4 Å². The summed E-state index contributed by atoms with van der Waals surface area (Å²) < 4.78 is 38.7. The van der Waals surface area contributed by atoms with E-state index < -0.39 is 17.7 Å². The molecule has 4 aromatic rings. The van der Waals surface area contributed by atoms with Gasteiger partial charge in [0.1, 0.15) is 0 Å². The topological polar surface area (TPSA) is 70.2 Å². The summed E-state index contributed by atoms with van der Waals surface area (Å²) in [5, 5.41) is 8.81. The Morgan fingerprint density at radius 2 is 1.50 bits per heavy atom. The number of carbonyl (C=O) groups is 2. The number of H-pyrrole nitrogens is 1. The van der Waals surface area contributed by atoms with E-state index in [1.807, 2.05) is 24.3 Å². The van der Waals surface area contributed by atoms with Gasteiger partial charge in [-0.15, -0.1) is 0 Å². The molecular weight excluding hydrogens is 443 g/mol. The number of carbonyl (C=O) groups excluding carboxylic acids is 1. The molecule has 0 atom stereocenters. The smallest absolute Gasteiger partial charge is 0.416 e. The molecule has 0 bridgehead atoms. The molecule has 0 aliphatic carbocycles. The first-order chi connectivity index (χ1) is 16.2. The molecule has 1 aromatic heterocycles. The van der Waals surface area contributed by atoms with Crippen LogP contribution in [0.15, 0.2) is 85.1 Å². The van der Waals surface area contributed by atoms with Crippen LogP contribution in [-0.2, 0) is 17.4 Å². The van der Waals surface area contributed by atoms with Gasteiger partial charge in [-0.2, -0.15) is 13.2 Å². The summed E-state index contributed by atoms with van der Waals surface area (Å²) in [6.45, 7) is 0. The molecule has 0 fully saturated rings. The molecule has 0 saturated carbocycles. The third-order valence-electron chi connectivity index (χ3n) is 5.53. The highest BCUT2D eigenvalue weighted by molar-refractivity contribution is 6.13. The van der Waals surface area contributed by atoms with E-state index in [0.29, 0.717) is 28.7 Å². The molecular formula is C27H20F3NO3. The van der Waals surface area contributed by atoms with E-state index in [4.69, 9.17) is 5.11 Å². The second-order valence-corrected chi connectivity index (χ2v) is 7.84. The molecule has 0 aliphatic rings. The lowest BCUT2D eigenvalue weighted by Gasteiger charge is -2.10. The zero-order valence-corrected chi connectivity index (χ0v) is 17.9. The number of alkyl halides is 3. The maximum absolute atomic E-state index is 13.3. The number of aliphatic carboxylic acids is 1. The number of rotatable bonds is 7. The van der Waals surface area contributed by atoms with Crippen molar-refractivity contribution >= 4 is 11.8 Å². The standard InChI is InChI=1S/C27H20F3NO3/c28-27(29,30)21-12-10-18(11-13-21)22-3-1-2-4-23(22)26(34)20-15-24(31-16-20)19-8-5-17(6-9-19)7-14-25(32)33/h1-6,8-13,15-16,31H,7,14H2,(H,32,33). The minimum atomic E-state index is -4.43. The van der Waals surface area contributed by atoms with Crippen molar-refractivity contribution in [1.82, 2.24) is 4.98 Å². The van der Waals surface area contributed by atoms with Crippen LogP contribution in [0.1, 0.15) is 33.5 Å². The number of hydrogen-bond acceptors (Lipinski definition) is 2. The Bertz CT molecular complexity index is 1320. The fourth-order valence-corrected chi connectivity index (χ4v) is 3.72. The van der Waals surface area contributed by atoms with Gasteiger partial charge < -0.3 is 10.1 Å². The number of nitrogens with one attached hydrogen (secondary N) is 1. The highest BCUT2D eigenvalue weighted by atomic mass is 19.4. The van der Waals surface area contributed by atoms with Crippen LogP contribution < -0.4 is 0 Å². The molecule has 0 spiro atoms. The summed E-state index contributed by atoms with van der Waals surface area (Å²) in [5.74, 6) is -1.11. The molecule has 0 saturated heterocycles. The monoisotopic (exact) mass is 463 g/mol. The van der Waals surface area contributed by atoms with Crippen LogP contribution in [0.3, 0.4) is 0 Å². The molecule has 3 aromatic carbocycles. The molecule has 0 amide bonds. The predicted molar refractivity (Wildman–Crippen MR) is 122 cm³/mol. The molecule has 2 N–H and O–H groups in total. The van der Waals surface area contributed by atoms with Gasteiger partial charge in [-0.25, -0.2) is 0 Å². The maximum atomic E-state index is 13.3. The summed E-state index contributed by atoms with van der Waals surface area (Å²) in [6.07, 6.45) is -2.34. The summed E-state index contributed by atoms with van der Waals surface area (Å²) in [7, 11) is 0. The van der Waals surface area contributed by atoms with Gasteiger partial charge in [0.2, 0.25) is 0 Å². The molecule has 0 unspecified atom stereocenters. The quantitative estimate of drug-likeness (QED) is 0.303. The fraction of sp³-hybridized carbons (Fsp3) is 0.111. The summed E-state index contributed by atoms with van der Waals surface area (Å²) in [5.41, 5.74) is 3.59. The largest absolute Gasteiger partial charge is 0.481 e. The average Bonchev–Trinajstić information content (AvgIpc) is 3.32. The average molecular weight is 463 g/mol. The van der Waals surface area contributed by atoms with Crippen molar-refractivity contribution in [1.29, 1.82) is 0 Å². The van der Waals surface area contributed by atoms with E-state index in [0.717, 1.165) is 29.0 Å². The second-order valence-electron chi connectivity index (χ2n) is 7.84. The Labute approximate surface area is 193 Å². The van der Waals surface area contributed by atoms with Gasteiger partial charge in [0, 0.05) is 29.4 Å². The fourth-order valence-electron chi connectivity index (χ4n) is 3.72. The minimum absolute atomic E-state index is 0.0544. The lowest BCUT2D eigenvalue weighted by atomic mass is 9.94. The highest BCUT2D eigenvalue weighted by Gasteiger charge is 2.30. The number of ketones is 1. The van der Waals surface area contributed by atoms with Crippen LogP contribution >= 0.6 is 0 Å². The molecule has 172 valence electrons. The van der Waals surface area contributed by atoms with Gasteiger partial charge >= 0.3 is 12.1 Å². The Morgan fingerprint density at radius 1 is 0.853 bits per heavy atom. The van der Waals surface area contributed by atoms with Crippen molar-refractivity contribution in [2.75, 3.05) is 0 Å². The maximum Gasteiger partial charge on any atom is 0.416 e. The summed E-state index contributed by atoms with van der Waals surface area (Å²) in [4.78, 5) is 27.1. The van der Waals surface area contributed by atoms with Crippen LogP contribution in [0, 0.1) is 0 Å².